The van der Waals surface area contributed by atoms with Gasteiger partial charge in [0.25, 0.3) is 0 Å². The van der Waals surface area contributed by atoms with E-state index in [1.54, 1.807) is 0 Å². The van der Waals surface area contributed by atoms with E-state index in [4.69, 9.17) is 4.42 Å². The Bertz CT molecular complexity index is 429. The molecule has 0 aliphatic heterocycles. The number of oxazole rings is 1. The van der Waals surface area contributed by atoms with Crippen LogP contribution in [0.2, 0.25) is 0 Å². The summed E-state index contributed by atoms with van der Waals surface area (Å²) in [6, 6.07) is 2.09. The molecular weight excluding hydrogens is 188 g/mol. The third kappa shape index (κ3) is 1.74. The van der Waals surface area contributed by atoms with Crippen LogP contribution in [0.3, 0.4) is 0 Å². The normalized spacial score (nSPS) is 11.9. The van der Waals surface area contributed by atoms with Gasteiger partial charge in [-0.25, -0.2) is 9.97 Å². The molecule has 2 heterocycles. The van der Waals surface area contributed by atoms with Crippen molar-refractivity contribution in [3.63, 3.8) is 0 Å². The van der Waals surface area contributed by atoms with Crippen molar-refractivity contribution in [2.45, 2.75) is 39.5 Å². The van der Waals surface area contributed by atoms with Crippen molar-refractivity contribution in [1.82, 2.24) is 9.97 Å². The lowest BCUT2D eigenvalue weighted by Gasteiger charge is -2.13. The molecule has 2 aromatic rings. The summed E-state index contributed by atoms with van der Waals surface area (Å²) in [5, 5.41) is 0. The van der Waals surface area contributed by atoms with E-state index in [-0.39, 0.29) is 0 Å². The second kappa shape index (κ2) is 3.65. The van der Waals surface area contributed by atoms with Gasteiger partial charge in [0.05, 0.1) is 5.69 Å². The van der Waals surface area contributed by atoms with Crippen molar-refractivity contribution >= 4 is 11.2 Å². The van der Waals surface area contributed by atoms with Crippen LogP contribution in [0.25, 0.3) is 11.2 Å². The number of pyridine rings is 1. The Kier molecular flexibility index (Phi) is 2.47. The standard InChI is InChI=1S/C12H16N2O/c1-7(2)9-5-10-12(15-6-13-10)14-11(9)8(3)4/h5-8H,1-4H3. The van der Waals surface area contributed by atoms with Crippen molar-refractivity contribution in [3.05, 3.63) is 23.7 Å². The van der Waals surface area contributed by atoms with Gasteiger partial charge < -0.3 is 4.42 Å². The molecule has 3 heteroatoms. The maximum atomic E-state index is 5.22. The maximum Gasteiger partial charge on any atom is 0.246 e. The lowest BCUT2D eigenvalue weighted by molar-refractivity contribution is 0.586. The highest BCUT2D eigenvalue weighted by molar-refractivity contribution is 5.69. The largest absolute Gasteiger partial charge is 0.425 e. The average molecular weight is 204 g/mol. The van der Waals surface area contributed by atoms with Gasteiger partial charge in [0.1, 0.15) is 5.52 Å². The monoisotopic (exact) mass is 204 g/mol. The van der Waals surface area contributed by atoms with E-state index in [0.717, 1.165) is 11.2 Å². The Morgan fingerprint density at radius 2 is 1.87 bits per heavy atom. The van der Waals surface area contributed by atoms with Gasteiger partial charge in [0.15, 0.2) is 6.39 Å². The zero-order valence-electron chi connectivity index (χ0n) is 9.61. The van der Waals surface area contributed by atoms with Crippen molar-refractivity contribution in [2.75, 3.05) is 0 Å². The minimum absolute atomic E-state index is 0.414. The highest BCUT2D eigenvalue weighted by Crippen LogP contribution is 2.27. The molecular formula is C12H16N2O. The van der Waals surface area contributed by atoms with E-state index in [1.807, 2.05) is 0 Å². The predicted molar refractivity (Wildman–Crippen MR) is 60.0 cm³/mol. The number of hydrogen-bond acceptors (Lipinski definition) is 3. The SMILES string of the molecule is CC(C)c1cc2ncoc2nc1C(C)C. The molecule has 15 heavy (non-hydrogen) atoms. The van der Waals surface area contributed by atoms with Gasteiger partial charge in [-0.15, -0.1) is 0 Å². The fraction of sp³-hybridized carbons (Fsp3) is 0.500. The molecule has 2 aromatic heterocycles. The molecule has 0 radical (unpaired) electrons. The summed E-state index contributed by atoms with van der Waals surface area (Å²) in [6.07, 6.45) is 1.45. The molecule has 0 spiro atoms. The Hall–Kier alpha value is -1.38. The molecule has 0 aliphatic rings. The van der Waals surface area contributed by atoms with Crippen LogP contribution in [0.15, 0.2) is 16.9 Å². The van der Waals surface area contributed by atoms with E-state index in [1.165, 1.54) is 12.0 Å². The fourth-order valence-corrected chi connectivity index (χ4v) is 1.75. The van der Waals surface area contributed by atoms with Gasteiger partial charge in [-0.2, -0.15) is 0 Å². The number of rotatable bonds is 2. The molecule has 3 nitrogen and oxygen atoms in total. The van der Waals surface area contributed by atoms with Crippen molar-refractivity contribution < 1.29 is 4.42 Å². The first-order valence-electron chi connectivity index (χ1n) is 5.33. The van der Waals surface area contributed by atoms with Gasteiger partial charge in [0.2, 0.25) is 5.71 Å². The third-order valence-electron chi connectivity index (χ3n) is 2.55. The van der Waals surface area contributed by atoms with E-state index >= 15 is 0 Å². The molecule has 0 aliphatic carbocycles. The molecule has 0 atom stereocenters. The molecule has 0 saturated heterocycles. The first kappa shape index (κ1) is 10.1. The van der Waals surface area contributed by atoms with Crippen molar-refractivity contribution in [3.8, 4) is 0 Å². The van der Waals surface area contributed by atoms with Crippen LogP contribution in [-0.2, 0) is 0 Å². The first-order chi connectivity index (χ1) is 7.09. The molecule has 0 aromatic carbocycles. The Labute approximate surface area is 89.5 Å². The number of fused-ring (bicyclic) bond motifs is 1. The van der Waals surface area contributed by atoms with Crippen LogP contribution in [-0.4, -0.2) is 9.97 Å². The lowest BCUT2D eigenvalue weighted by atomic mass is 9.95. The fourth-order valence-electron chi connectivity index (χ4n) is 1.75. The van der Waals surface area contributed by atoms with Crippen LogP contribution in [0, 0.1) is 0 Å². The van der Waals surface area contributed by atoms with Gasteiger partial charge in [0, 0.05) is 0 Å². The number of aromatic nitrogens is 2. The van der Waals surface area contributed by atoms with E-state index in [9.17, 15) is 0 Å². The Balaban J connectivity index is 2.68. The van der Waals surface area contributed by atoms with Crippen LogP contribution in [0.4, 0.5) is 0 Å². The van der Waals surface area contributed by atoms with E-state index in [0.29, 0.717) is 17.5 Å². The third-order valence-corrected chi connectivity index (χ3v) is 2.55. The summed E-state index contributed by atoms with van der Waals surface area (Å²) < 4.78 is 5.22. The summed E-state index contributed by atoms with van der Waals surface area (Å²) in [4.78, 5) is 8.66. The van der Waals surface area contributed by atoms with Gasteiger partial charge >= 0.3 is 0 Å². The van der Waals surface area contributed by atoms with E-state index in [2.05, 4.69) is 43.7 Å². The molecule has 2 rings (SSSR count). The summed E-state index contributed by atoms with van der Waals surface area (Å²) in [6.45, 7) is 8.65. The summed E-state index contributed by atoms with van der Waals surface area (Å²) in [5.41, 5.74) is 3.88. The summed E-state index contributed by atoms with van der Waals surface area (Å²) in [7, 11) is 0. The Morgan fingerprint density at radius 1 is 1.13 bits per heavy atom. The minimum Gasteiger partial charge on any atom is -0.425 e. The molecule has 0 saturated carbocycles. The molecule has 0 bridgehead atoms. The smallest absolute Gasteiger partial charge is 0.246 e. The molecule has 0 unspecified atom stereocenters. The molecule has 80 valence electrons. The van der Waals surface area contributed by atoms with Gasteiger partial charge in [-0.05, 0) is 23.5 Å². The number of nitrogens with zero attached hydrogens (tertiary/aromatic N) is 2. The first-order valence-corrected chi connectivity index (χ1v) is 5.33. The molecule has 0 amide bonds. The van der Waals surface area contributed by atoms with Crippen LogP contribution in [0.5, 0.6) is 0 Å². The van der Waals surface area contributed by atoms with Crippen molar-refractivity contribution in [2.24, 2.45) is 0 Å². The maximum absolute atomic E-state index is 5.22. The highest BCUT2D eigenvalue weighted by atomic mass is 16.3. The van der Waals surface area contributed by atoms with Crippen LogP contribution >= 0.6 is 0 Å². The predicted octanol–water partition coefficient (Wildman–Crippen LogP) is 3.47. The van der Waals surface area contributed by atoms with Gasteiger partial charge in [-0.1, -0.05) is 27.7 Å². The topological polar surface area (TPSA) is 38.9 Å². The summed E-state index contributed by atoms with van der Waals surface area (Å²) in [5.74, 6) is 0.882. The van der Waals surface area contributed by atoms with Gasteiger partial charge in [-0.3, -0.25) is 0 Å². The zero-order chi connectivity index (χ0) is 11.0. The van der Waals surface area contributed by atoms with Crippen LogP contribution in [0.1, 0.15) is 50.8 Å². The highest BCUT2D eigenvalue weighted by Gasteiger charge is 2.14. The second-order valence-corrected chi connectivity index (χ2v) is 4.45. The molecule has 0 N–H and O–H groups in total. The van der Waals surface area contributed by atoms with Crippen LogP contribution < -0.4 is 0 Å². The quantitative estimate of drug-likeness (QED) is 0.751. The zero-order valence-corrected chi connectivity index (χ0v) is 9.61. The van der Waals surface area contributed by atoms with E-state index < -0.39 is 0 Å². The average Bonchev–Trinajstić information content (AvgIpc) is 2.61. The van der Waals surface area contributed by atoms with Crippen molar-refractivity contribution in [1.29, 1.82) is 0 Å². The lowest BCUT2D eigenvalue weighted by Crippen LogP contribution is -2.01. The minimum atomic E-state index is 0.414. The number of hydrogen-bond donors (Lipinski definition) is 0. The Morgan fingerprint density at radius 3 is 2.47 bits per heavy atom. The molecule has 0 fully saturated rings. The summed E-state index contributed by atoms with van der Waals surface area (Å²) >= 11 is 0. The second-order valence-electron chi connectivity index (χ2n) is 4.45.